The predicted octanol–water partition coefficient (Wildman–Crippen LogP) is 2.73. The minimum Gasteiger partial charge on any atom is -0.316 e. The number of aromatic amines is 2. The van der Waals surface area contributed by atoms with Crippen LogP contribution in [0.3, 0.4) is 0 Å². The van der Waals surface area contributed by atoms with Crippen LogP contribution in [0.25, 0.3) is 33.5 Å². The molecule has 0 aliphatic heterocycles. The van der Waals surface area contributed by atoms with Crippen LogP contribution in [0.2, 0.25) is 0 Å². The average Bonchev–Trinajstić information content (AvgIpc) is 3.24. The summed E-state index contributed by atoms with van der Waals surface area (Å²) in [6, 6.07) is 14.5. The van der Waals surface area contributed by atoms with Gasteiger partial charge in [0.25, 0.3) is 0 Å². The first-order valence-electron chi connectivity index (χ1n) is 7.43. The number of benzene rings is 2. The van der Waals surface area contributed by atoms with Gasteiger partial charge in [0.1, 0.15) is 6.33 Å². The van der Waals surface area contributed by atoms with Gasteiger partial charge in [-0.2, -0.15) is 10.2 Å². The topological polar surface area (TPSA) is 82.3 Å². The van der Waals surface area contributed by atoms with Crippen LogP contribution in [0.4, 0.5) is 0 Å². The highest BCUT2D eigenvalue weighted by Gasteiger charge is 2.11. The summed E-state index contributed by atoms with van der Waals surface area (Å²) in [5, 5.41) is 18.7. The molecule has 0 atom stereocenters. The van der Waals surface area contributed by atoms with Gasteiger partial charge in [0.2, 0.25) is 0 Å². The zero-order chi connectivity index (χ0) is 15.6. The number of hydrogen-bond acceptors (Lipinski definition) is 4. The van der Waals surface area contributed by atoms with Crippen molar-refractivity contribution in [2.45, 2.75) is 6.54 Å². The summed E-state index contributed by atoms with van der Waals surface area (Å²) in [6.45, 7) is 0.832. The van der Waals surface area contributed by atoms with E-state index in [2.05, 4.69) is 61.0 Å². The maximum Gasteiger partial charge on any atom is 0.180 e. The van der Waals surface area contributed by atoms with Gasteiger partial charge in [0.15, 0.2) is 5.82 Å². The number of rotatable bonds is 4. The van der Waals surface area contributed by atoms with E-state index < -0.39 is 0 Å². The first-order valence-corrected chi connectivity index (χ1v) is 7.43. The van der Waals surface area contributed by atoms with Crippen LogP contribution in [0.5, 0.6) is 0 Å². The standard InChI is InChI=1S/C17H16N6/c1-18-9-11-3-2-4-12(7-11)16-14-8-13(17-19-10-20-23-17)5-6-15(14)21-22-16/h2-8,10,18H,9H2,1H3,(H,21,22)(H,19,20,23). The molecule has 0 saturated carbocycles. The molecule has 23 heavy (non-hydrogen) atoms. The second kappa shape index (κ2) is 5.66. The molecule has 2 aromatic carbocycles. The van der Waals surface area contributed by atoms with Crippen LogP contribution >= 0.6 is 0 Å². The molecule has 2 heterocycles. The van der Waals surface area contributed by atoms with E-state index in [0.717, 1.165) is 34.3 Å². The maximum absolute atomic E-state index is 4.50. The van der Waals surface area contributed by atoms with Crippen molar-refractivity contribution >= 4 is 10.9 Å². The minimum absolute atomic E-state index is 0.683. The van der Waals surface area contributed by atoms with Gasteiger partial charge in [0.05, 0.1) is 11.2 Å². The summed E-state index contributed by atoms with van der Waals surface area (Å²) in [5.41, 5.74) is 5.23. The van der Waals surface area contributed by atoms with E-state index in [1.807, 2.05) is 19.2 Å². The Labute approximate surface area is 133 Å². The number of nitrogens with one attached hydrogen (secondary N) is 3. The summed E-state index contributed by atoms with van der Waals surface area (Å²) in [4.78, 5) is 4.21. The minimum atomic E-state index is 0.683. The first-order chi connectivity index (χ1) is 11.3. The van der Waals surface area contributed by atoms with E-state index >= 15 is 0 Å². The Balaban J connectivity index is 1.84. The van der Waals surface area contributed by atoms with Crippen molar-refractivity contribution in [3.63, 3.8) is 0 Å². The molecule has 0 amide bonds. The second-order valence-electron chi connectivity index (χ2n) is 5.39. The third-order valence-corrected chi connectivity index (χ3v) is 3.82. The number of fused-ring (bicyclic) bond motifs is 1. The molecule has 114 valence electrons. The Bertz CT molecular complexity index is 939. The van der Waals surface area contributed by atoms with Crippen LogP contribution in [0.15, 0.2) is 48.8 Å². The first kappa shape index (κ1) is 13.7. The van der Waals surface area contributed by atoms with Crippen molar-refractivity contribution in [3.8, 4) is 22.6 Å². The van der Waals surface area contributed by atoms with Crippen LogP contribution < -0.4 is 5.32 Å². The highest BCUT2D eigenvalue weighted by molar-refractivity contribution is 5.95. The highest BCUT2D eigenvalue weighted by Crippen LogP contribution is 2.29. The molecule has 6 nitrogen and oxygen atoms in total. The van der Waals surface area contributed by atoms with Gasteiger partial charge in [-0.1, -0.05) is 18.2 Å². The molecule has 0 bridgehead atoms. The van der Waals surface area contributed by atoms with Crippen LogP contribution in [0, 0.1) is 0 Å². The second-order valence-corrected chi connectivity index (χ2v) is 5.39. The van der Waals surface area contributed by atoms with Crippen molar-refractivity contribution in [2.24, 2.45) is 0 Å². The predicted molar refractivity (Wildman–Crippen MR) is 89.7 cm³/mol. The van der Waals surface area contributed by atoms with E-state index in [1.54, 1.807) is 6.33 Å². The summed E-state index contributed by atoms with van der Waals surface area (Å²) < 4.78 is 0. The summed E-state index contributed by atoms with van der Waals surface area (Å²) in [5.74, 6) is 0.683. The zero-order valence-electron chi connectivity index (χ0n) is 12.7. The molecule has 0 aliphatic rings. The molecule has 0 aliphatic carbocycles. The van der Waals surface area contributed by atoms with Crippen molar-refractivity contribution in [2.75, 3.05) is 7.05 Å². The molecule has 4 aromatic rings. The molecule has 0 unspecified atom stereocenters. The van der Waals surface area contributed by atoms with E-state index in [9.17, 15) is 0 Å². The van der Waals surface area contributed by atoms with E-state index in [4.69, 9.17) is 0 Å². The molecule has 0 saturated heterocycles. The molecule has 0 spiro atoms. The normalized spacial score (nSPS) is 11.2. The lowest BCUT2D eigenvalue weighted by Gasteiger charge is -2.04. The van der Waals surface area contributed by atoms with E-state index in [1.165, 1.54) is 5.56 Å². The quantitative estimate of drug-likeness (QED) is 0.541. The molecule has 3 N–H and O–H groups in total. The SMILES string of the molecule is CNCc1cccc(-c2n[nH]c3ccc(-c4nc[nH]n4)cc23)c1. The van der Waals surface area contributed by atoms with Crippen molar-refractivity contribution in [1.82, 2.24) is 30.7 Å². The summed E-state index contributed by atoms with van der Waals surface area (Å²) >= 11 is 0. The fourth-order valence-corrected chi connectivity index (χ4v) is 2.75. The molecule has 6 heteroatoms. The fourth-order valence-electron chi connectivity index (χ4n) is 2.75. The van der Waals surface area contributed by atoms with E-state index in [0.29, 0.717) is 5.82 Å². The fraction of sp³-hybridized carbons (Fsp3) is 0.118. The Kier molecular flexibility index (Phi) is 3.36. The molecule has 2 aromatic heterocycles. The van der Waals surface area contributed by atoms with Gasteiger partial charge in [-0.25, -0.2) is 4.98 Å². The van der Waals surface area contributed by atoms with Gasteiger partial charge in [-0.05, 0) is 36.9 Å². The third kappa shape index (κ3) is 2.49. The molecule has 0 fully saturated rings. The lowest BCUT2D eigenvalue weighted by Crippen LogP contribution is -2.04. The monoisotopic (exact) mass is 304 g/mol. The Morgan fingerprint density at radius 1 is 1.04 bits per heavy atom. The highest BCUT2D eigenvalue weighted by atomic mass is 15.2. The number of H-pyrrole nitrogens is 2. The van der Waals surface area contributed by atoms with Crippen molar-refractivity contribution < 1.29 is 0 Å². The number of nitrogens with zero attached hydrogens (tertiary/aromatic N) is 3. The van der Waals surface area contributed by atoms with Gasteiger partial charge in [0, 0.05) is 23.1 Å². The van der Waals surface area contributed by atoms with E-state index in [-0.39, 0.29) is 0 Å². The average molecular weight is 304 g/mol. The van der Waals surface area contributed by atoms with Gasteiger partial charge < -0.3 is 5.32 Å². The molecular formula is C17H16N6. The maximum atomic E-state index is 4.50. The Morgan fingerprint density at radius 2 is 2.00 bits per heavy atom. The number of aromatic nitrogens is 5. The van der Waals surface area contributed by atoms with Gasteiger partial charge in [-0.3, -0.25) is 10.2 Å². The largest absolute Gasteiger partial charge is 0.316 e. The molecule has 0 radical (unpaired) electrons. The van der Waals surface area contributed by atoms with Crippen molar-refractivity contribution in [1.29, 1.82) is 0 Å². The third-order valence-electron chi connectivity index (χ3n) is 3.82. The number of hydrogen-bond donors (Lipinski definition) is 3. The molecule has 4 rings (SSSR count). The van der Waals surface area contributed by atoms with Crippen molar-refractivity contribution in [3.05, 3.63) is 54.4 Å². The Hall–Kier alpha value is -2.99. The lowest BCUT2D eigenvalue weighted by atomic mass is 10.0. The van der Waals surface area contributed by atoms with Crippen LogP contribution in [0.1, 0.15) is 5.56 Å². The summed E-state index contributed by atoms with van der Waals surface area (Å²) in [6.07, 6.45) is 1.58. The Morgan fingerprint density at radius 3 is 2.83 bits per heavy atom. The lowest BCUT2D eigenvalue weighted by molar-refractivity contribution is 0.818. The van der Waals surface area contributed by atoms with Gasteiger partial charge >= 0.3 is 0 Å². The van der Waals surface area contributed by atoms with Crippen LogP contribution in [-0.4, -0.2) is 32.4 Å². The zero-order valence-corrected chi connectivity index (χ0v) is 12.7. The van der Waals surface area contributed by atoms with Gasteiger partial charge in [-0.15, -0.1) is 0 Å². The molecular weight excluding hydrogens is 288 g/mol. The smallest absolute Gasteiger partial charge is 0.180 e. The van der Waals surface area contributed by atoms with Crippen LogP contribution in [-0.2, 0) is 6.54 Å². The summed E-state index contributed by atoms with van der Waals surface area (Å²) in [7, 11) is 1.94.